The maximum atomic E-state index is 10.1. The molecule has 1 unspecified atom stereocenters. The van der Waals surface area contributed by atoms with E-state index >= 15 is 0 Å². The minimum absolute atomic E-state index is 0.233. The van der Waals surface area contributed by atoms with Crippen LogP contribution in [-0.4, -0.2) is 28.6 Å². The van der Waals surface area contributed by atoms with Crippen molar-refractivity contribution in [1.29, 1.82) is 0 Å². The molecule has 0 amide bonds. The van der Waals surface area contributed by atoms with Gasteiger partial charge in [-0.3, -0.25) is 4.79 Å². The lowest BCUT2D eigenvalue weighted by Gasteiger charge is -2.02. The number of aliphatic carboxylic acids is 1. The molecule has 0 bridgehead atoms. The molecule has 1 atom stereocenters. The zero-order valence-electron chi connectivity index (χ0n) is 8.32. The largest absolute Gasteiger partial charge is 0.481 e. The number of unbranched alkanes of at least 4 members (excludes halogenated alkanes) is 4. The Morgan fingerprint density at radius 2 is 1.71 bits per heavy atom. The maximum Gasteiger partial charge on any atom is 0.303 e. The van der Waals surface area contributed by atoms with E-state index in [1.807, 2.05) is 0 Å². The Balaban J connectivity index is 3.06. The lowest BCUT2D eigenvalue weighted by molar-refractivity contribution is -0.137. The van der Waals surface area contributed by atoms with Crippen LogP contribution in [0.4, 0.5) is 0 Å². The predicted molar refractivity (Wildman–Crippen MR) is 52.0 cm³/mol. The van der Waals surface area contributed by atoms with Gasteiger partial charge in [0, 0.05) is 6.42 Å². The number of carbonyl (C=O) groups is 2. The highest BCUT2D eigenvalue weighted by molar-refractivity contribution is 5.66. The average Bonchev–Trinajstić information content (AvgIpc) is 2.15. The molecule has 4 nitrogen and oxygen atoms in total. The number of hydrogen-bond acceptors (Lipinski definition) is 3. The van der Waals surface area contributed by atoms with Gasteiger partial charge in [0.15, 0.2) is 0 Å². The van der Waals surface area contributed by atoms with Crippen molar-refractivity contribution >= 4 is 12.3 Å². The Hall–Kier alpha value is -0.900. The van der Waals surface area contributed by atoms with Crippen molar-refractivity contribution in [3.05, 3.63) is 0 Å². The van der Waals surface area contributed by atoms with Crippen LogP contribution in [0.2, 0.25) is 0 Å². The molecule has 0 rings (SSSR count). The number of hydrogen-bond donors (Lipinski definition) is 2. The second-order valence-electron chi connectivity index (χ2n) is 3.40. The van der Waals surface area contributed by atoms with Crippen LogP contribution in [-0.2, 0) is 9.59 Å². The summed E-state index contributed by atoms with van der Waals surface area (Å²) in [6.45, 7) is 0. The van der Waals surface area contributed by atoms with Gasteiger partial charge in [0.25, 0.3) is 0 Å². The number of carboxylic acids is 1. The Bertz CT molecular complexity index is 168. The quantitative estimate of drug-likeness (QED) is 0.437. The van der Waals surface area contributed by atoms with Crippen molar-refractivity contribution in [3.63, 3.8) is 0 Å². The Morgan fingerprint density at radius 3 is 2.29 bits per heavy atom. The van der Waals surface area contributed by atoms with Gasteiger partial charge in [-0.2, -0.15) is 0 Å². The first-order chi connectivity index (χ1) is 6.66. The highest BCUT2D eigenvalue weighted by Gasteiger charge is 2.00. The van der Waals surface area contributed by atoms with Crippen LogP contribution in [0.15, 0.2) is 0 Å². The number of aldehydes is 1. The van der Waals surface area contributed by atoms with Gasteiger partial charge in [-0.1, -0.05) is 25.7 Å². The van der Waals surface area contributed by atoms with Crippen molar-refractivity contribution in [3.8, 4) is 0 Å². The smallest absolute Gasteiger partial charge is 0.303 e. The second-order valence-corrected chi connectivity index (χ2v) is 3.40. The zero-order valence-corrected chi connectivity index (χ0v) is 8.32. The van der Waals surface area contributed by atoms with Gasteiger partial charge in [-0.05, 0) is 12.8 Å². The Labute approximate surface area is 83.9 Å². The molecule has 0 aliphatic carbocycles. The molecule has 0 heterocycles. The second kappa shape index (κ2) is 8.69. The van der Waals surface area contributed by atoms with E-state index in [-0.39, 0.29) is 6.42 Å². The number of rotatable bonds is 9. The van der Waals surface area contributed by atoms with Gasteiger partial charge in [-0.15, -0.1) is 0 Å². The first-order valence-electron chi connectivity index (χ1n) is 5.02. The summed E-state index contributed by atoms with van der Waals surface area (Å²) >= 11 is 0. The third-order valence-electron chi connectivity index (χ3n) is 2.05. The summed E-state index contributed by atoms with van der Waals surface area (Å²) in [6, 6.07) is 0. The Kier molecular flexibility index (Phi) is 8.13. The molecule has 0 saturated heterocycles. The summed E-state index contributed by atoms with van der Waals surface area (Å²) in [5.41, 5.74) is 0. The van der Waals surface area contributed by atoms with E-state index in [9.17, 15) is 9.59 Å². The molecule has 0 saturated carbocycles. The predicted octanol–water partition coefficient (Wildman–Crippen LogP) is 1.36. The van der Waals surface area contributed by atoms with Crippen LogP contribution in [0.3, 0.4) is 0 Å². The fourth-order valence-corrected chi connectivity index (χ4v) is 1.23. The minimum atomic E-state index is -0.825. The van der Waals surface area contributed by atoms with Gasteiger partial charge in [0.2, 0.25) is 0 Å². The monoisotopic (exact) mass is 202 g/mol. The maximum absolute atomic E-state index is 10.1. The molecule has 0 aromatic carbocycles. The van der Waals surface area contributed by atoms with Gasteiger partial charge in [-0.25, -0.2) is 0 Å². The SMILES string of the molecule is O=CC(O)CCCCCCCC(=O)O. The third kappa shape index (κ3) is 9.19. The minimum Gasteiger partial charge on any atom is -0.481 e. The van der Waals surface area contributed by atoms with E-state index in [1.54, 1.807) is 0 Å². The van der Waals surface area contributed by atoms with Gasteiger partial charge in [0.05, 0.1) is 0 Å². The van der Waals surface area contributed by atoms with Gasteiger partial charge >= 0.3 is 5.97 Å². The van der Waals surface area contributed by atoms with E-state index < -0.39 is 12.1 Å². The molecule has 2 N–H and O–H groups in total. The van der Waals surface area contributed by atoms with Crippen LogP contribution >= 0.6 is 0 Å². The van der Waals surface area contributed by atoms with E-state index in [2.05, 4.69) is 0 Å². The molecule has 0 aromatic heterocycles. The molecule has 4 heteroatoms. The average molecular weight is 202 g/mol. The van der Waals surface area contributed by atoms with E-state index in [0.717, 1.165) is 25.7 Å². The molecule has 0 spiro atoms. The fourth-order valence-electron chi connectivity index (χ4n) is 1.23. The summed E-state index contributed by atoms with van der Waals surface area (Å²) in [6.07, 6.45) is 4.84. The Morgan fingerprint density at radius 1 is 1.14 bits per heavy atom. The highest BCUT2D eigenvalue weighted by atomic mass is 16.4. The molecule has 0 aliphatic heterocycles. The summed E-state index contributed by atoms with van der Waals surface area (Å²) < 4.78 is 0. The first-order valence-corrected chi connectivity index (χ1v) is 5.02. The lowest BCUT2D eigenvalue weighted by atomic mass is 10.1. The molecule has 0 fully saturated rings. The number of aliphatic hydroxyl groups excluding tert-OH is 1. The van der Waals surface area contributed by atoms with E-state index in [0.29, 0.717) is 19.1 Å². The molecule has 82 valence electrons. The van der Waals surface area contributed by atoms with Crippen LogP contribution in [0.5, 0.6) is 0 Å². The van der Waals surface area contributed by atoms with Crippen molar-refractivity contribution < 1.29 is 19.8 Å². The summed E-state index contributed by atoms with van der Waals surface area (Å²) in [5.74, 6) is -0.749. The fraction of sp³-hybridized carbons (Fsp3) is 0.800. The van der Waals surface area contributed by atoms with Crippen molar-refractivity contribution in [2.45, 2.75) is 51.0 Å². The normalized spacial score (nSPS) is 12.4. The van der Waals surface area contributed by atoms with Crippen LogP contribution in [0.1, 0.15) is 44.9 Å². The van der Waals surface area contributed by atoms with E-state index in [4.69, 9.17) is 10.2 Å². The highest BCUT2D eigenvalue weighted by Crippen LogP contribution is 2.08. The molecule has 0 radical (unpaired) electrons. The van der Waals surface area contributed by atoms with Crippen LogP contribution < -0.4 is 0 Å². The number of aliphatic hydroxyl groups is 1. The van der Waals surface area contributed by atoms with Crippen molar-refractivity contribution in [1.82, 2.24) is 0 Å². The lowest BCUT2D eigenvalue weighted by Crippen LogP contribution is -2.06. The van der Waals surface area contributed by atoms with Crippen molar-refractivity contribution in [2.24, 2.45) is 0 Å². The topological polar surface area (TPSA) is 74.6 Å². The summed E-state index contributed by atoms with van der Waals surface area (Å²) in [4.78, 5) is 20.2. The molecule has 0 aromatic rings. The van der Waals surface area contributed by atoms with Crippen molar-refractivity contribution in [2.75, 3.05) is 0 Å². The summed E-state index contributed by atoms with van der Waals surface area (Å²) in [7, 11) is 0. The number of carbonyl (C=O) groups excluding carboxylic acids is 1. The zero-order chi connectivity index (χ0) is 10.8. The van der Waals surface area contributed by atoms with E-state index in [1.165, 1.54) is 0 Å². The summed E-state index contributed by atoms with van der Waals surface area (Å²) in [5, 5.41) is 17.2. The third-order valence-corrected chi connectivity index (χ3v) is 2.05. The van der Waals surface area contributed by atoms with Crippen LogP contribution in [0, 0.1) is 0 Å². The molecular formula is C10H18O4. The first kappa shape index (κ1) is 13.1. The van der Waals surface area contributed by atoms with Gasteiger partial charge in [0.1, 0.15) is 12.4 Å². The number of carboxylic acid groups (broad SMARTS) is 1. The van der Waals surface area contributed by atoms with Gasteiger partial charge < -0.3 is 15.0 Å². The standard InChI is InChI=1S/C10H18O4/c11-8-9(12)6-4-2-1-3-5-7-10(13)14/h8-9,12H,1-7H2,(H,13,14). The van der Waals surface area contributed by atoms with Crippen LogP contribution in [0.25, 0.3) is 0 Å². The molecular weight excluding hydrogens is 184 g/mol. The molecule has 14 heavy (non-hydrogen) atoms. The molecule has 0 aliphatic rings.